The summed E-state index contributed by atoms with van der Waals surface area (Å²) in [5, 5.41) is 0. The molecule has 0 unspecified atom stereocenters. The summed E-state index contributed by atoms with van der Waals surface area (Å²) in [4.78, 5) is 0. The van der Waals surface area contributed by atoms with E-state index in [-0.39, 0.29) is 0 Å². The lowest BCUT2D eigenvalue weighted by molar-refractivity contribution is 1.61. The zero-order valence-corrected chi connectivity index (χ0v) is 7.80. The smallest absolute Gasteiger partial charge is 0.00858 e. The summed E-state index contributed by atoms with van der Waals surface area (Å²) in [5.74, 6) is 0.776. The quantitative estimate of drug-likeness (QED) is 0.671. The molecular formula is C11H12S. The predicted octanol–water partition coefficient (Wildman–Crippen LogP) is 3.27. The van der Waals surface area contributed by atoms with E-state index in [0.29, 0.717) is 0 Å². The first kappa shape index (κ1) is 9.14. The Labute approximate surface area is 79.0 Å². The van der Waals surface area contributed by atoms with Gasteiger partial charge < -0.3 is 0 Å². The molecule has 0 amide bonds. The lowest BCUT2D eigenvalue weighted by Crippen LogP contribution is -1.74. The molecule has 62 valence electrons. The standard InChI is InChI=1S/C11H12S/c1-2-10-5-3-6-11(9-10)7-4-8-12/h2-7,9,12H,1,8H2. The van der Waals surface area contributed by atoms with Gasteiger partial charge in [-0.1, -0.05) is 43.0 Å². The molecule has 0 saturated heterocycles. The van der Waals surface area contributed by atoms with Crippen LogP contribution in [0.15, 0.2) is 36.9 Å². The summed E-state index contributed by atoms with van der Waals surface area (Å²) in [6.07, 6.45) is 5.92. The maximum absolute atomic E-state index is 4.09. The second-order valence-corrected chi connectivity index (χ2v) is 2.82. The summed E-state index contributed by atoms with van der Waals surface area (Å²) in [6, 6.07) is 8.21. The summed E-state index contributed by atoms with van der Waals surface area (Å²) in [7, 11) is 0. The van der Waals surface area contributed by atoms with Crippen molar-refractivity contribution in [2.24, 2.45) is 0 Å². The van der Waals surface area contributed by atoms with Gasteiger partial charge in [-0.3, -0.25) is 0 Å². The van der Waals surface area contributed by atoms with Gasteiger partial charge in [-0.05, 0) is 17.2 Å². The summed E-state index contributed by atoms with van der Waals surface area (Å²) in [6.45, 7) is 3.71. The van der Waals surface area contributed by atoms with Crippen LogP contribution in [0.5, 0.6) is 0 Å². The second kappa shape index (κ2) is 4.83. The molecule has 1 aromatic carbocycles. The Morgan fingerprint density at radius 3 is 2.75 bits per heavy atom. The number of hydrogen-bond acceptors (Lipinski definition) is 1. The minimum absolute atomic E-state index is 0.776. The van der Waals surface area contributed by atoms with Crippen LogP contribution >= 0.6 is 12.6 Å². The highest BCUT2D eigenvalue weighted by molar-refractivity contribution is 7.80. The van der Waals surface area contributed by atoms with Crippen molar-refractivity contribution >= 4 is 24.8 Å². The Bertz CT molecular complexity index is 287. The summed E-state index contributed by atoms with van der Waals surface area (Å²) >= 11 is 4.09. The van der Waals surface area contributed by atoms with Crippen LogP contribution in [0.2, 0.25) is 0 Å². The fraction of sp³-hybridized carbons (Fsp3) is 0.0909. The molecule has 0 aliphatic carbocycles. The molecule has 0 aliphatic heterocycles. The van der Waals surface area contributed by atoms with Gasteiger partial charge >= 0.3 is 0 Å². The Balaban J connectivity index is 2.86. The highest BCUT2D eigenvalue weighted by atomic mass is 32.1. The number of benzene rings is 1. The van der Waals surface area contributed by atoms with Crippen molar-refractivity contribution in [3.63, 3.8) is 0 Å². The SMILES string of the molecule is C=Cc1cccc(C=CCS)c1. The molecular weight excluding hydrogens is 164 g/mol. The maximum atomic E-state index is 4.09. The van der Waals surface area contributed by atoms with Crippen molar-refractivity contribution in [2.75, 3.05) is 5.75 Å². The molecule has 0 atom stereocenters. The zero-order chi connectivity index (χ0) is 8.81. The van der Waals surface area contributed by atoms with Crippen LogP contribution in [0.1, 0.15) is 11.1 Å². The molecule has 0 N–H and O–H groups in total. The van der Waals surface area contributed by atoms with E-state index in [4.69, 9.17) is 0 Å². The van der Waals surface area contributed by atoms with E-state index >= 15 is 0 Å². The third-order valence-electron chi connectivity index (χ3n) is 1.56. The Morgan fingerprint density at radius 2 is 2.08 bits per heavy atom. The number of rotatable bonds is 3. The van der Waals surface area contributed by atoms with Gasteiger partial charge in [-0.2, -0.15) is 12.6 Å². The molecule has 0 bridgehead atoms. The van der Waals surface area contributed by atoms with Gasteiger partial charge in [0.15, 0.2) is 0 Å². The van der Waals surface area contributed by atoms with E-state index in [0.717, 1.165) is 11.3 Å². The van der Waals surface area contributed by atoms with Gasteiger partial charge in [-0.15, -0.1) is 0 Å². The molecule has 0 fully saturated rings. The molecule has 1 rings (SSSR count). The van der Waals surface area contributed by atoms with Gasteiger partial charge in [-0.25, -0.2) is 0 Å². The third-order valence-corrected chi connectivity index (χ3v) is 1.77. The summed E-state index contributed by atoms with van der Waals surface area (Å²) < 4.78 is 0. The van der Waals surface area contributed by atoms with Crippen LogP contribution in [-0.2, 0) is 0 Å². The molecule has 1 aromatic rings. The van der Waals surface area contributed by atoms with E-state index in [1.165, 1.54) is 5.56 Å². The fourth-order valence-corrected chi connectivity index (χ4v) is 1.08. The summed E-state index contributed by atoms with van der Waals surface area (Å²) in [5.41, 5.74) is 2.35. The molecule has 0 heterocycles. The van der Waals surface area contributed by atoms with Crippen LogP contribution in [-0.4, -0.2) is 5.75 Å². The number of hydrogen-bond donors (Lipinski definition) is 1. The van der Waals surface area contributed by atoms with Crippen LogP contribution in [0.4, 0.5) is 0 Å². The molecule has 0 nitrogen and oxygen atoms in total. The third kappa shape index (κ3) is 2.59. The Hall–Kier alpha value is -0.950. The van der Waals surface area contributed by atoms with E-state index in [2.05, 4.69) is 37.4 Å². The van der Waals surface area contributed by atoms with Crippen molar-refractivity contribution in [1.29, 1.82) is 0 Å². The van der Waals surface area contributed by atoms with Crippen molar-refractivity contribution in [3.05, 3.63) is 48.0 Å². The first-order valence-electron chi connectivity index (χ1n) is 3.86. The van der Waals surface area contributed by atoms with Gasteiger partial charge in [0, 0.05) is 5.75 Å². The van der Waals surface area contributed by atoms with Gasteiger partial charge in [0.25, 0.3) is 0 Å². The van der Waals surface area contributed by atoms with Crippen molar-refractivity contribution in [3.8, 4) is 0 Å². The molecule has 0 radical (unpaired) electrons. The Morgan fingerprint density at radius 1 is 1.33 bits per heavy atom. The molecule has 12 heavy (non-hydrogen) atoms. The van der Waals surface area contributed by atoms with E-state index in [9.17, 15) is 0 Å². The lowest BCUT2D eigenvalue weighted by atomic mass is 10.1. The average Bonchev–Trinajstić information content (AvgIpc) is 2.15. The minimum Gasteiger partial charge on any atom is -0.175 e. The van der Waals surface area contributed by atoms with Crippen molar-refractivity contribution in [2.45, 2.75) is 0 Å². The highest BCUT2D eigenvalue weighted by Gasteiger charge is 1.86. The first-order valence-corrected chi connectivity index (χ1v) is 4.50. The average molecular weight is 176 g/mol. The molecule has 1 heteroatoms. The van der Waals surface area contributed by atoms with E-state index < -0.39 is 0 Å². The van der Waals surface area contributed by atoms with Crippen LogP contribution in [0.25, 0.3) is 12.2 Å². The van der Waals surface area contributed by atoms with Crippen LogP contribution in [0.3, 0.4) is 0 Å². The molecule has 0 aromatic heterocycles. The topological polar surface area (TPSA) is 0 Å². The predicted molar refractivity (Wildman–Crippen MR) is 59.4 cm³/mol. The lowest BCUT2D eigenvalue weighted by Gasteiger charge is -1.94. The van der Waals surface area contributed by atoms with Crippen LogP contribution in [0, 0.1) is 0 Å². The second-order valence-electron chi connectivity index (χ2n) is 2.46. The normalized spacial score (nSPS) is 10.4. The molecule has 0 saturated carbocycles. The molecule has 0 aliphatic rings. The highest BCUT2D eigenvalue weighted by Crippen LogP contribution is 2.07. The minimum atomic E-state index is 0.776. The monoisotopic (exact) mass is 176 g/mol. The Kier molecular flexibility index (Phi) is 3.68. The largest absolute Gasteiger partial charge is 0.175 e. The van der Waals surface area contributed by atoms with Gasteiger partial charge in [0.1, 0.15) is 0 Å². The van der Waals surface area contributed by atoms with Crippen molar-refractivity contribution in [1.82, 2.24) is 0 Å². The van der Waals surface area contributed by atoms with E-state index in [1.54, 1.807) is 0 Å². The fourth-order valence-electron chi connectivity index (χ4n) is 0.978. The van der Waals surface area contributed by atoms with E-state index in [1.807, 2.05) is 24.3 Å². The first-order chi connectivity index (χ1) is 5.86. The maximum Gasteiger partial charge on any atom is 0.00858 e. The zero-order valence-electron chi connectivity index (χ0n) is 6.90. The van der Waals surface area contributed by atoms with Gasteiger partial charge in [0.2, 0.25) is 0 Å². The molecule has 0 spiro atoms. The van der Waals surface area contributed by atoms with Crippen LogP contribution < -0.4 is 0 Å². The van der Waals surface area contributed by atoms with Crippen molar-refractivity contribution < 1.29 is 0 Å². The van der Waals surface area contributed by atoms with Gasteiger partial charge in [0.05, 0.1) is 0 Å². The number of thiol groups is 1.